The minimum Gasteiger partial charge on any atom is -0.493 e. The molecule has 6 rings (SSSR count). The van der Waals surface area contributed by atoms with Gasteiger partial charge in [-0.2, -0.15) is 0 Å². The number of aromatic carboxylic acids is 1. The van der Waals surface area contributed by atoms with Crippen molar-refractivity contribution in [1.82, 2.24) is 4.72 Å². The summed E-state index contributed by atoms with van der Waals surface area (Å²) in [6.45, 7) is 5.82. The number of amides is 2. The fraction of sp³-hybridized carbons (Fsp3) is 0.349. The van der Waals surface area contributed by atoms with E-state index >= 15 is 0 Å². The van der Waals surface area contributed by atoms with Gasteiger partial charge in [-0.05, 0) is 134 Å². The molecule has 2 fully saturated rings. The van der Waals surface area contributed by atoms with Crippen LogP contribution in [0.5, 0.6) is 5.75 Å². The van der Waals surface area contributed by atoms with Crippen molar-refractivity contribution in [1.29, 1.82) is 0 Å². The minimum absolute atomic E-state index is 0.268. The number of aliphatic hydroxyl groups excluding tert-OH is 1. The summed E-state index contributed by atoms with van der Waals surface area (Å²) in [6, 6.07) is 27.0. The van der Waals surface area contributed by atoms with Gasteiger partial charge in [0.05, 0.1) is 23.4 Å². The van der Waals surface area contributed by atoms with Crippen LogP contribution in [-0.4, -0.2) is 54.5 Å². The van der Waals surface area contributed by atoms with Crippen molar-refractivity contribution in [2.75, 3.05) is 30.4 Å². The molecule has 10 nitrogen and oxygen atoms in total. The molecule has 0 bridgehead atoms. The highest BCUT2D eigenvalue weighted by atomic mass is 32.2. The summed E-state index contributed by atoms with van der Waals surface area (Å²) < 4.78 is 9.12. The molecule has 0 heterocycles. The number of carboxylic acid groups (broad SMARTS) is 1. The fourth-order valence-electron chi connectivity index (χ4n) is 5.88. The largest absolute Gasteiger partial charge is 0.493 e. The molecule has 2 saturated carbocycles. The Bertz CT molecular complexity index is 1790. The number of carbonyl (C=O) groups is 4. The fourth-order valence-corrected chi connectivity index (χ4v) is 6.53. The van der Waals surface area contributed by atoms with Crippen LogP contribution >= 0.6 is 11.9 Å². The van der Waals surface area contributed by atoms with Crippen molar-refractivity contribution in [2.24, 2.45) is 11.8 Å². The summed E-state index contributed by atoms with van der Waals surface area (Å²) in [5, 5.41) is 23.6. The predicted octanol–water partition coefficient (Wildman–Crippen LogP) is 8.45. The number of aliphatic hydroxyl groups is 1. The highest BCUT2D eigenvalue weighted by molar-refractivity contribution is 7.97. The van der Waals surface area contributed by atoms with E-state index in [2.05, 4.69) is 15.4 Å². The third-order valence-corrected chi connectivity index (χ3v) is 10.1. The first kappa shape index (κ1) is 41.8. The Morgan fingerprint density at radius 1 is 0.759 bits per heavy atom. The molecule has 0 radical (unpaired) electrons. The van der Waals surface area contributed by atoms with E-state index in [4.69, 9.17) is 19.7 Å². The first-order chi connectivity index (χ1) is 26.3. The SMILES string of the molecule is C=O.CCNSc1cccc(C(=O)Nc2ccc(OCC3CC3)cc2C(=O)Nc2ccc(CCc3ccc(C(=O)O)cc3)cc2)c1.OCC1CCCCC1. The molecule has 0 aliphatic heterocycles. The molecule has 11 heteroatoms. The van der Waals surface area contributed by atoms with Crippen molar-refractivity contribution in [3.8, 4) is 5.75 Å². The molecule has 0 unspecified atom stereocenters. The number of anilines is 2. The summed E-state index contributed by atoms with van der Waals surface area (Å²) in [6.07, 6.45) is 10.4. The van der Waals surface area contributed by atoms with Gasteiger partial charge in [0.15, 0.2) is 0 Å². The Labute approximate surface area is 322 Å². The Balaban J connectivity index is 0.000000569. The van der Waals surface area contributed by atoms with Crippen LogP contribution in [0.3, 0.4) is 0 Å². The van der Waals surface area contributed by atoms with Crippen molar-refractivity contribution < 1.29 is 34.1 Å². The van der Waals surface area contributed by atoms with E-state index in [0.717, 1.165) is 48.3 Å². The first-order valence-electron chi connectivity index (χ1n) is 18.5. The second kappa shape index (κ2) is 22.3. The van der Waals surface area contributed by atoms with Gasteiger partial charge in [-0.15, -0.1) is 0 Å². The van der Waals surface area contributed by atoms with Crippen LogP contribution < -0.4 is 20.1 Å². The van der Waals surface area contributed by atoms with Gasteiger partial charge < -0.3 is 30.4 Å². The molecule has 0 saturated heterocycles. The van der Waals surface area contributed by atoms with E-state index < -0.39 is 5.97 Å². The third kappa shape index (κ3) is 13.8. The van der Waals surface area contributed by atoms with Gasteiger partial charge in [-0.25, -0.2) is 4.79 Å². The van der Waals surface area contributed by atoms with Gasteiger partial charge >= 0.3 is 5.97 Å². The Morgan fingerprint density at radius 2 is 1.43 bits per heavy atom. The number of ether oxygens (including phenoxy) is 1. The van der Waals surface area contributed by atoms with E-state index in [0.29, 0.717) is 53.3 Å². The van der Waals surface area contributed by atoms with Gasteiger partial charge in [0, 0.05) is 29.3 Å². The van der Waals surface area contributed by atoms with Crippen molar-refractivity contribution in [2.45, 2.75) is 69.6 Å². The van der Waals surface area contributed by atoms with Crippen molar-refractivity contribution in [3.63, 3.8) is 0 Å². The van der Waals surface area contributed by atoms with Crippen molar-refractivity contribution >= 4 is 47.9 Å². The van der Waals surface area contributed by atoms with Gasteiger partial charge in [0.2, 0.25) is 0 Å². The molecule has 0 spiro atoms. The lowest BCUT2D eigenvalue weighted by Gasteiger charge is -2.18. The maximum atomic E-state index is 13.5. The van der Waals surface area contributed by atoms with E-state index in [1.54, 1.807) is 36.4 Å². The lowest BCUT2D eigenvalue weighted by Crippen LogP contribution is -2.18. The standard InChI is InChI=1S/C35H35N3O5S.C7H14O.CH2O/c1-2-36-44-30-5-3-4-27(20-30)33(39)38-32-19-18-29(43-22-25-8-9-25)21-31(32)34(40)37-28-16-12-24(13-17-28)7-6-23-10-14-26(15-11-23)35(41)42;8-6-7-4-2-1-3-5-7;1-2/h3-5,10-21,25,36H,2,6-9,22H2,1H3,(H,37,40)(H,38,39)(H,41,42);7-8H,1-6H2;1H2. The lowest BCUT2D eigenvalue weighted by molar-refractivity contribution is -0.0980. The van der Waals surface area contributed by atoms with Gasteiger partial charge in [0.1, 0.15) is 12.5 Å². The van der Waals surface area contributed by atoms with Crippen LogP contribution in [0.25, 0.3) is 0 Å². The average molecular weight is 754 g/mol. The number of hydrogen-bond donors (Lipinski definition) is 5. The molecule has 2 amide bonds. The molecular weight excluding hydrogens is 703 g/mol. The Kier molecular flexibility index (Phi) is 17.2. The van der Waals surface area contributed by atoms with Crippen LogP contribution in [0.4, 0.5) is 11.4 Å². The van der Waals surface area contributed by atoms with E-state index in [1.807, 2.05) is 68.3 Å². The smallest absolute Gasteiger partial charge is 0.335 e. The van der Waals surface area contributed by atoms with Gasteiger partial charge in [-0.1, -0.05) is 56.5 Å². The van der Waals surface area contributed by atoms with Crippen molar-refractivity contribution in [3.05, 3.63) is 119 Å². The van der Waals surface area contributed by atoms with E-state index in [9.17, 15) is 14.4 Å². The summed E-state index contributed by atoms with van der Waals surface area (Å²) >= 11 is 1.46. The van der Waals surface area contributed by atoms with Crippen LogP contribution in [0.15, 0.2) is 95.9 Å². The van der Waals surface area contributed by atoms with Crippen LogP contribution in [-0.2, 0) is 17.6 Å². The summed E-state index contributed by atoms with van der Waals surface area (Å²) in [7, 11) is 0. The summed E-state index contributed by atoms with van der Waals surface area (Å²) in [5.41, 5.74) is 4.21. The molecule has 286 valence electrons. The number of rotatable bonds is 15. The zero-order valence-corrected chi connectivity index (χ0v) is 31.7. The summed E-state index contributed by atoms with van der Waals surface area (Å²) in [4.78, 5) is 46.7. The second-order valence-corrected chi connectivity index (χ2v) is 14.3. The highest BCUT2D eigenvalue weighted by Crippen LogP contribution is 2.31. The second-order valence-electron chi connectivity index (χ2n) is 13.4. The molecule has 2 aliphatic rings. The molecular formula is C43H51N3O7S. The lowest BCUT2D eigenvalue weighted by atomic mass is 9.90. The molecule has 4 aromatic carbocycles. The van der Waals surface area contributed by atoms with Crippen LogP contribution in [0, 0.1) is 11.8 Å². The molecule has 54 heavy (non-hydrogen) atoms. The molecule has 0 atom stereocenters. The van der Waals surface area contributed by atoms with Crippen LogP contribution in [0.1, 0.15) is 94.1 Å². The highest BCUT2D eigenvalue weighted by Gasteiger charge is 2.23. The first-order valence-corrected chi connectivity index (χ1v) is 19.3. The predicted molar refractivity (Wildman–Crippen MR) is 215 cm³/mol. The minimum atomic E-state index is -0.939. The number of carboxylic acids is 1. The molecule has 4 aromatic rings. The zero-order valence-electron chi connectivity index (χ0n) is 30.9. The topological polar surface area (TPSA) is 154 Å². The molecule has 2 aliphatic carbocycles. The number of nitrogens with one attached hydrogen (secondary N) is 3. The number of benzene rings is 4. The average Bonchev–Trinajstić information content (AvgIpc) is 4.06. The van der Waals surface area contributed by atoms with Gasteiger partial charge in [0.25, 0.3) is 11.8 Å². The maximum absolute atomic E-state index is 13.5. The van der Waals surface area contributed by atoms with Gasteiger partial charge in [-0.3, -0.25) is 14.3 Å². The Morgan fingerprint density at radius 3 is 2.02 bits per heavy atom. The molecule has 0 aromatic heterocycles. The number of hydrogen-bond acceptors (Lipinski definition) is 8. The van der Waals surface area contributed by atoms with Crippen LogP contribution in [0.2, 0.25) is 0 Å². The quantitative estimate of drug-likeness (QED) is 0.0753. The Hall–Kier alpha value is -4.97. The molecule has 5 N–H and O–H groups in total. The van der Waals surface area contributed by atoms with E-state index in [-0.39, 0.29) is 17.4 Å². The van der Waals surface area contributed by atoms with E-state index in [1.165, 1.54) is 44.1 Å². The zero-order chi connectivity index (χ0) is 38.7. The monoisotopic (exact) mass is 753 g/mol. The third-order valence-electron chi connectivity index (χ3n) is 9.20. The normalized spacial score (nSPS) is 13.7. The maximum Gasteiger partial charge on any atom is 0.335 e. The number of carbonyl (C=O) groups excluding carboxylic acids is 3. The number of aryl methyl sites for hydroxylation is 2. The summed E-state index contributed by atoms with van der Waals surface area (Å²) in [5.74, 6) is 0.165.